The molecular formula is C6H11NO2. The standard InChI is InChI=1S/C6H11NO2/c1-2-3-6(7)4-9-5-8/h2,5-6H,1,3-4,7H2. The molecule has 0 radical (unpaired) electrons. The van der Waals surface area contributed by atoms with E-state index in [9.17, 15) is 4.79 Å². The van der Waals surface area contributed by atoms with Crippen LogP contribution in [0, 0.1) is 0 Å². The number of carbonyl (C=O) groups excluding carboxylic acids is 1. The first-order valence-electron chi connectivity index (χ1n) is 2.73. The van der Waals surface area contributed by atoms with Crippen molar-refractivity contribution >= 4 is 6.47 Å². The summed E-state index contributed by atoms with van der Waals surface area (Å²) in [6.45, 7) is 4.15. The lowest BCUT2D eigenvalue weighted by Crippen LogP contribution is -2.24. The van der Waals surface area contributed by atoms with Crippen LogP contribution >= 0.6 is 0 Å². The van der Waals surface area contributed by atoms with Crippen molar-refractivity contribution in [2.45, 2.75) is 12.5 Å². The number of hydrogen-bond donors (Lipinski definition) is 1. The highest BCUT2D eigenvalue weighted by Gasteiger charge is 1.97. The molecule has 52 valence electrons. The van der Waals surface area contributed by atoms with E-state index in [-0.39, 0.29) is 12.6 Å². The van der Waals surface area contributed by atoms with Crippen LogP contribution in [0.2, 0.25) is 0 Å². The van der Waals surface area contributed by atoms with Gasteiger partial charge in [-0.2, -0.15) is 0 Å². The third-order valence-electron chi connectivity index (χ3n) is 0.848. The van der Waals surface area contributed by atoms with Gasteiger partial charge in [0.25, 0.3) is 6.47 Å². The summed E-state index contributed by atoms with van der Waals surface area (Å²) in [6.07, 6.45) is 2.37. The van der Waals surface area contributed by atoms with Gasteiger partial charge in [0.05, 0.1) is 0 Å². The summed E-state index contributed by atoms with van der Waals surface area (Å²) in [5.41, 5.74) is 5.42. The van der Waals surface area contributed by atoms with Crippen molar-refractivity contribution in [2.24, 2.45) is 5.73 Å². The molecular weight excluding hydrogens is 118 g/mol. The van der Waals surface area contributed by atoms with E-state index in [1.165, 1.54) is 0 Å². The highest BCUT2D eigenvalue weighted by Crippen LogP contribution is 1.87. The molecule has 0 aliphatic carbocycles. The van der Waals surface area contributed by atoms with Crippen LogP contribution in [0.15, 0.2) is 12.7 Å². The second kappa shape index (κ2) is 5.31. The molecule has 0 aromatic heterocycles. The zero-order chi connectivity index (χ0) is 7.11. The largest absolute Gasteiger partial charge is 0.466 e. The van der Waals surface area contributed by atoms with Crippen LogP contribution in [-0.2, 0) is 9.53 Å². The fourth-order valence-electron chi connectivity index (χ4n) is 0.445. The highest BCUT2D eigenvalue weighted by molar-refractivity contribution is 5.36. The Hall–Kier alpha value is -0.830. The summed E-state index contributed by atoms with van der Waals surface area (Å²) >= 11 is 0. The van der Waals surface area contributed by atoms with Gasteiger partial charge in [-0.15, -0.1) is 6.58 Å². The lowest BCUT2D eigenvalue weighted by Gasteiger charge is -2.04. The van der Waals surface area contributed by atoms with Gasteiger partial charge in [-0.05, 0) is 6.42 Å². The minimum absolute atomic E-state index is 0.104. The number of rotatable bonds is 5. The van der Waals surface area contributed by atoms with Crippen molar-refractivity contribution in [1.29, 1.82) is 0 Å². The molecule has 3 nitrogen and oxygen atoms in total. The van der Waals surface area contributed by atoms with Crippen LogP contribution in [0.3, 0.4) is 0 Å². The van der Waals surface area contributed by atoms with Gasteiger partial charge in [0.1, 0.15) is 6.61 Å². The van der Waals surface area contributed by atoms with Gasteiger partial charge < -0.3 is 10.5 Å². The van der Waals surface area contributed by atoms with Crippen LogP contribution < -0.4 is 5.73 Å². The fourth-order valence-corrected chi connectivity index (χ4v) is 0.445. The van der Waals surface area contributed by atoms with Crippen LogP contribution in [-0.4, -0.2) is 19.1 Å². The van der Waals surface area contributed by atoms with Crippen LogP contribution in [0.25, 0.3) is 0 Å². The Bertz CT molecular complexity index is 93.1. The maximum absolute atomic E-state index is 9.61. The highest BCUT2D eigenvalue weighted by atomic mass is 16.5. The monoisotopic (exact) mass is 129 g/mol. The molecule has 0 bridgehead atoms. The number of hydrogen-bond acceptors (Lipinski definition) is 3. The van der Waals surface area contributed by atoms with Crippen LogP contribution in [0.1, 0.15) is 6.42 Å². The average Bonchev–Trinajstić information content (AvgIpc) is 1.85. The van der Waals surface area contributed by atoms with E-state index in [0.717, 1.165) is 0 Å². The molecule has 0 amide bonds. The predicted octanol–water partition coefficient (Wildman–Crippen LogP) is 0.0628. The Kier molecular flexibility index (Phi) is 4.82. The lowest BCUT2D eigenvalue weighted by atomic mass is 10.2. The van der Waals surface area contributed by atoms with Crippen molar-refractivity contribution in [2.75, 3.05) is 6.61 Å². The number of nitrogens with two attached hydrogens (primary N) is 1. The zero-order valence-electron chi connectivity index (χ0n) is 5.25. The predicted molar refractivity (Wildman–Crippen MR) is 34.8 cm³/mol. The first-order chi connectivity index (χ1) is 4.31. The first kappa shape index (κ1) is 8.17. The lowest BCUT2D eigenvalue weighted by molar-refractivity contribution is -0.129. The summed E-state index contributed by atoms with van der Waals surface area (Å²) in [6, 6.07) is -0.104. The van der Waals surface area contributed by atoms with Gasteiger partial charge in [-0.25, -0.2) is 0 Å². The van der Waals surface area contributed by atoms with Gasteiger partial charge in [0, 0.05) is 6.04 Å². The van der Waals surface area contributed by atoms with Gasteiger partial charge in [-0.3, -0.25) is 4.79 Å². The molecule has 9 heavy (non-hydrogen) atoms. The smallest absolute Gasteiger partial charge is 0.293 e. The minimum Gasteiger partial charge on any atom is -0.466 e. The molecule has 0 aliphatic rings. The Labute approximate surface area is 54.5 Å². The number of carbonyl (C=O) groups is 1. The first-order valence-corrected chi connectivity index (χ1v) is 2.73. The molecule has 0 fully saturated rings. The van der Waals surface area contributed by atoms with Crippen molar-refractivity contribution in [3.05, 3.63) is 12.7 Å². The Morgan fingerprint density at radius 3 is 2.89 bits per heavy atom. The Morgan fingerprint density at radius 1 is 1.78 bits per heavy atom. The molecule has 0 rings (SSSR count). The van der Waals surface area contributed by atoms with Crippen LogP contribution in [0.5, 0.6) is 0 Å². The second-order valence-corrected chi connectivity index (χ2v) is 1.71. The molecule has 2 N–H and O–H groups in total. The molecule has 1 atom stereocenters. The topological polar surface area (TPSA) is 52.3 Å². The molecule has 1 unspecified atom stereocenters. The van der Waals surface area contributed by atoms with Gasteiger partial charge >= 0.3 is 0 Å². The molecule has 0 saturated heterocycles. The maximum Gasteiger partial charge on any atom is 0.293 e. The fraction of sp³-hybridized carbons (Fsp3) is 0.500. The van der Waals surface area contributed by atoms with E-state index in [1.54, 1.807) is 6.08 Å². The maximum atomic E-state index is 9.61. The van der Waals surface area contributed by atoms with Crippen molar-refractivity contribution in [3.8, 4) is 0 Å². The van der Waals surface area contributed by atoms with Crippen molar-refractivity contribution < 1.29 is 9.53 Å². The summed E-state index contributed by atoms with van der Waals surface area (Å²) < 4.78 is 4.39. The average molecular weight is 129 g/mol. The molecule has 0 aliphatic heterocycles. The molecule has 0 aromatic carbocycles. The molecule has 3 heteroatoms. The molecule has 0 aromatic rings. The van der Waals surface area contributed by atoms with Crippen molar-refractivity contribution in [1.82, 2.24) is 0 Å². The summed E-state index contributed by atoms with van der Waals surface area (Å²) in [5, 5.41) is 0. The van der Waals surface area contributed by atoms with Gasteiger partial charge in [-0.1, -0.05) is 6.08 Å². The van der Waals surface area contributed by atoms with E-state index in [4.69, 9.17) is 5.73 Å². The van der Waals surface area contributed by atoms with E-state index >= 15 is 0 Å². The number of ether oxygens (including phenoxy) is 1. The summed E-state index contributed by atoms with van der Waals surface area (Å²) in [7, 11) is 0. The zero-order valence-corrected chi connectivity index (χ0v) is 5.25. The summed E-state index contributed by atoms with van der Waals surface area (Å²) in [5.74, 6) is 0. The van der Waals surface area contributed by atoms with E-state index in [1.807, 2.05) is 0 Å². The second-order valence-electron chi connectivity index (χ2n) is 1.71. The van der Waals surface area contributed by atoms with E-state index in [2.05, 4.69) is 11.3 Å². The normalized spacial score (nSPS) is 12.1. The quantitative estimate of drug-likeness (QED) is 0.422. The van der Waals surface area contributed by atoms with Crippen LogP contribution in [0.4, 0.5) is 0 Å². The Balaban J connectivity index is 3.14. The third kappa shape index (κ3) is 5.03. The Morgan fingerprint density at radius 2 is 2.44 bits per heavy atom. The molecule has 0 heterocycles. The third-order valence-corrected chi connectivity index (χ3v) is 0.848. The minimum atomic E-state index is -0.104. The summed E-state index contributed by atoms with van der Waals surface area (Å²) in [4.78, 5) is 9.61. The van der Waals surface area contributed by atoms with Gasteiger partial charge in [0.15, 0.2) is 0 Å². The van der Waals surface area contributed by atoms with E-state index < -0.39 is 0 Å². The van der Waals surface area contributed by atoms with E-state index in [0.29, 0.717) is 12.9 Å². The van der Waals surface area contributed by atoms with Gasteiger partial charge in [0.2, 0.25) is 0 Å². The molecule has 0 saturated carbocycles. The van der Waals surface area contributed by atoms with Crippen molar-refractivity contribution in [3.63, 3.8) is 0 Å². The molecule has 0 spiro atoms. The SMILES string of the molecule is C=CCC(N)COC=O.